The molecule has 1 aliphatic carbocycles. The summed E-state index contributed by atoms with van der Waals surface area (Å²) in [5.41, 5.74) is 1.07. The van der Waals surface area contributed by atoms with Gasteiger partial charge in [0.25, 0.3) is 0 Å². The maximum Gasteiger partial charge on any atom is 0.124 e. The molecule has 0 aromatic heterocycles. The maximum absolute atomic E-state index is 6.31. The van der Waals surface area contributed by atoms with Gasteiger partial charge in [0.05, 0.1) is 0 Å². The van der Waals surface area contributed by atoms with E-state index in [2.05, 4.69) is 5.32 Å². The van der Waals surface area contributed by atoms with Gasteiger partial charge in [0.2, 0.25) is 0 Å². The van der Waals surface area contributed by atoms with Crippen LogP contribution in [0.1, 0.15) is 24.8 Å². The highest BCUT2D eigenvalue weighted by atomic mass is 35.5. The van der Waals surface area contributed by atoms with Gasteiger partial charge in [-0.1, -0.05) is 17.7 Å². The van der Waals surface area contributed by atoms with Crippen molar-refractivity contribution in [3.63, 3.8) is 0 Å². The molecule has 1 heterocycles. The minimum absolute atomic E-state index is 0.372. The van der Waals surface area contributed by atoms with Crippen LogP contribution in [0.3, 0.4) is 0 Å². The number of hydrogen-bond acceptors (Lipinski definition) is 2. The summed E-state index contributed by atoms with van der Waals surface area (Å²) in [6.45, 7) is 4.26. The van der Waals surface area contributed by atoms with E-state index in [1.54, 1.807) is 0 Å². The molecule has 0 amide bonds. The van der Waals surface area contributed by atoms with Crippen molar-refractivity contribution < 1.29 is 4.74 Å². The van der Waals surface area contributed by atoms with Crippen molar-refractivity contribution in [2.24, 2.45) is 11.8 Å². The first-order chi connectivity index (χ1) is 8.75. The zero-order chi connectivity index (χ0) is 12.5. The summed E-state index contributed by atoms with van der Waals surface area (Å²) < 4.78 is 6.31. The zero-order valence-electron chi connectivity index (χ0n) is 10.8. The van der Waals surface area contributed by atoms with Crippen molar-refractivity contribution in [3.05, 3.63) is 28.8 Å². The van der Waals surface area contributed by atoms with E-state index in [0.717, 1.165) is 35.3 Å². The monoisotopic (exact) mass is 265 g/mol. The fourth-order valence-electron chi connectivity index (χ4n) is 2.82. The SMILES string of the molecule is Cc1c(Cl)cccc1O[C@@H](C1CC1)[C@H]1CCNC1. The molecule has 1 aromatic rings. The minimum atomic E-state index is 0.372. The second-order valence-corrected chi connectivity index (χ2v) is 5.94. The summed E-state index contributed by atoms with van der Waals surface area (Å²) in [7, 11) is 0. The van der Waals surface area contributed by atoms with Crippen LogP contribution in [0.15, 0.2) is 18.2 Å². The summed E-state index contributed by atoms with van der Waals surface area (Å²) in [5, 5.41) is 4.24. The predicted molar refractivity (Wildman–Crippen MR) is 74.3 cm³/mol. The second kappa shape index (κ2) is 5.10. The standard InChI is InChI=1S/C15H20ClNO/c1-10-13(16)3-2-4-14(10)18-15(11-5-6-11)12-7-8-17-9-12/h2-4,11-12,15,17H,5-9H2,1H3/t12-,15-/m0/s1. The molecule has 98 valence electrons. The normalized spacial score (nSPS) is 25.1. The molecule has 1 aromatic carbocycles. The number of ether oxygens (including phenoxy) is 1. The molecule has 3 heteroatoms. The highest BCUT2D eigenvalue weighted by Gasteiger charge is 2.39. The van der Waals surface area contributed by atoms with E-state index < -0.39 is 0 Å². The van der Waals surface area contributed by atoms with Crippen LogP contribution in [0.4, 0.5) is 0 Å². The molecule has 2 nitrogen and oxygen atoms in total. The van der Waals surface area contributed by atoms with Gasteiger partial charge in [0, 0.05) is 23.0 Å². The van der Waals surface area contributed by atoms with Gasteiger partial charge in [-0.2, -0.15) is 0 Å². The van der Waals surface area contributed by atoms with E-state index in [9.17, 15) is 0 Å². The lowest BCUT2D eigenvalue weighted by molar-refractivity contribution is 0.120. The molecule has 1 aliphatic heterocycles. The maximum atomic E-state index is 6.31. The summed E-state index contributed by atoms with van der Waals surface area (Å²) in [6.07, 6.45) is 4.25. The number of halogens is 1. The van der Waals surface area contributed by atoms with Gasteiger partial charge in [-0.25, -0.2) is 0 Å². The number of rotatable bonds is 4. The van der Waals surface area contributed by atoms with Gasteiger partial charge in [0.15, 0.2) is 0 Å². The van der Waals surface area contributed by atoms with Crippen molar-refractivity contribution in [2.45, 2.75) is 32.3 Å². The third-order valence-corrected chi connectivity index (χ3v) is 4.54. The molecule has 1 saturated carbocycles. The van der Waals surface area contributed by atoms with Crippen molar-refractivity contribution in [2.75, 3.05) is 13.1 Å². The van der Waals surface area contributed by atoms with Gasteiger partial charge in [0.1, 0.15) is 11.9 Å². The van der Waals surface area contributed by atoms with Crippen molar-refractivity contribution >= 4 is 11.6 Å². The van der Waals surface area contributed by atoms with Crippen LogP contribution in [-0.2, 0) is 0 Å². The van der Waals surface area contributed by atoms with Crippen LogP contribution in [0.5, 0.6) is 5.75 Å². The Bertz CT molecular complexity index is 425. The average Bonchev–Trinajstić information content (AvgIpc) is 3.06. The van der Waals surface area contributed by atoms with E-state index in [4.69, 9.17) is 16.3 Å². The molecule has 1 saturated heterocycles. The van der Waals surface area contributed by atoms with E-state index in [-0.39, 0.29) is 0 Å². The van der Waals surface area contributed by atoms with Crippen molar-refractivity contribution in [3.8, 4) is 5.75 Å². The molecule has 0 unspecified atom stereocenters. The first-order valence-electron chi connectivity index (χ1n) is 6.88. The Kier molecular flexibility index (Phi) is 3.49. The Balaban J connectivity index is 1.77. The summed E-state index contributed by atoms with van der Waals surface area (Å²) in [6, 6.07) is 5.94. The average molecular weight is 266 g/mol. The van der Waals surface area contributed by atoms with Crippen LogP contribution in [0.2, 0.25) is 5.02 Å². The predicted octanol–water partition coefficient (Wildman–Crippen LogP) is 3.42. The largest absolute Gasteiger partial charge is 0.489 e. The molecule has 0 radical (unpaired) electrons. The van der Waals surface area contributed by atoms with Crippen LogP contribution < -0.4 is 10.1 Å². The topological polar surface area (TPSA) is 21.3 Å². The molecule has 0 spiro atoms. The van der Waals surface area contributed by atoms with Gasteiger partial charge in [-0.3, -0.25) is 0 Å². The molecular formula is C15H20ClNO. The number of benzene rings is 1. The first kappa shape index (κ1) is 12.3. The zero-order valence-corrected chi connectivity index (χ0v) is 11.5. The summed E-state index contributed by atoms with van der Waals surface area (Å²) in [5.74, 6) is 2.38. The van der Waals surface area contributed by atoms with Crippen molar-refractivity contribution in [1.29, 1.82) is 0 Å². The fourth-order valence-corrected chi connectivity index (χ4v) is 2.99. The Morgan fingerprint density at radius 3 is 2.78 bits per heavy atom. The van der Waals surface area contributed by atoms with E-state index in [1.165, 1.54) is 19.3 Å². The second-order valence-electron chi connectivity index (χ2n) is 5.54. The van der Waals surface area contributed by atoms with E-state index in [0.29, 0.717) is 12.0 Å². The van der Waals surface area contributed by atoms with Crippen LogP contribution in [-0.4, -0.2) is 19.2 Å². The van der Waals surface area contributed by atoms with Gasteiger partial charge < -0.3 is 10.1 Å². The van der Waals surface area contributed by atoms with Gasteiger partial charge in [-0.15, -0.1) is 0 Å². The Labute approximate surface area is 114 Å². The molecule has 1 N–H and O–H groups in total. The molecule has 2 atom stereocenters. The summed E-state index contributed by atoms with van der Waals surface area (Å²) >= 11 is 6.16. The van der Waals surface area contributed by atoms with Crippen LogP contribution in [0, 0.1) is 18.8 Å². The lowest BCUT2D eigenvalue weighted by atomic mass is 9.97. The highest BCUT2D eigenvalue weighted by molar-refractivity contribution is 6.31. The highest BCUT2D eigenvalue weighted by Crippen LogP contribution is 2.40. The lowest BCUT2D eigenvalue weighted by Crippen LogP contribution is -2.31. The third-order valence-electron chi connectivity index (χ3n) is 4.13. The van der Waals surface area contributed by atoms with E-state index in [1.807, 2.05) is 25.1 Å². The van der Waals surface area contributed by atoms with Gasteiger partial charge in [-0.05, 0) is 50.8 Å². The Morgan fingerprint density at radius 2 is 2.11 bits per heavy atom. The first-order valence-corrected chi connectivity index (χ1v) is 7.26. The molecule has 3 rings (SSSR count). The quantitative estimate of drug-likeness (QED) is 0.901. The molecule has 0 bridgehead atoms. The molecule has 2 aliphatic rings. The van der Waals surface area contributed by atoms with Gasteiger partial charge >= 0.3 is 0 Å². The van der Waals surface area contributed by atoms with Crippen LogP contribution >= 0.6 is 11.6 Å². The van der Waals surface area contributed by atoms with Crippen molar-refractivity contribution in [1.82, 2.24) is 5.32 Å². The molecule has 18 heavy (non-hydrogen) atoms. The fraction of sp³-hybridized carbons (Fsp3) is 0.600. The lowest BCUT2D eigenvalue weighted by Gasteiger charge is -2.25. The number of nitrogens with one attached hydrogen (secondary N) is 1. The summed E-state index contributed by atoms with van der Waals surface area (Å²) in [4.78, 5) is 0. The molecule has 2 fully saturated rings. The van der Waals surface area contributed by atoms with E-state index >= 15 is 0 Å². The smallest absolute Gasteiger partial charge is 0.124 e. The minimum Gasteiger partial charge on any atom is -0.489 e. The Morgan fingerprint density at radius 1 is 1.28 bits per heavy atom. The molecular weight excluding hydrogens is 246 g/mol. The Hall–Kier alpha value is -0.730. The van der Waals surface area contributed by atoms with Crippen LogP contribution in [0.25, 0.3) is 0 Å². The number of hydrogen-bond donors (Lipinski definition) is 1. The third kappa shape index (κ3) is 2.50.